The lowest BCUT2D eigenvalue weighted by molar-refractivity contribution is -0.117. The van der Waals surface area contributed by atoms with Crippen molar-refractivity contribution in [2.45, 2.75) is 13.0 Å². The van der Waals surface area contributed by atoms with Gasteiger partial charge in [-0.1, -0.05) is 12.1 Å². The molecule has 0 saturated heterocycles. The van der Waals surface area contributed by atoms with Crippen molar-refractivity contribution >= 4 is 5.91 Å². The summed E-state index contributed by atoms with van der Waals surface area (Å²) >= 11 is 0. The fourth-order valence-electron chi connectivity index (χ4n) is 1.59. The fraction of sp³-hybridized carbons (Fsp3) is 0.273. The molecular formula is C11H14N6O. The Kier molecular flexibility index (Phi) is 3.63. The van der Waals surface area contributed by atoms with Crippen LogP contribution in [0.1, 0.15) is 18.5 Å². The number of rotatable bonds is 5. The fourth-order valence-corrected chi connectivity index (χ4v) is 1.59. The molecule has 0 bridgehead atoms. The summed E-state index contributed by atoms with van der Waals surface area (Å²) in [7, 11) is 0. The molecule has 1 amide bonds. The van der Waals surface area contributed by atoms with Gasteiger partial charge in [0.05, 0.1) is 12.2 Å². The number of tetrazole rings is 1. The number of hydrogen-bond donors (Lipinski definition) is 2. The Hall–Kier alpha value is -2.28. The van der Waals surface area contributed by atoms with Crippen molar-refractivity contribution in [2.75, 3.05) is 6.54 Å². The Bertz CT molecular complexity index is 524. The number of carbonyl (C=O) groups excluding carboxylic acids is 1. The SMILES string of the molecule is CC(NCC(N)=O)c1cccc(-n2cnnn2)c1. The maximum Gasteiger partial charge on any atom is 0.231 e. The average Bonchev–Trinajstić information content (AvgIpc) is 2.90. The van der Waals surface area contributed by atoms with Crippen LogP contribution in [-0.2, 0) is 4.79 Å². The summed E-state index contributed by atoms with van der Waals surface area (Å²) in [6.45, 7) is 2.11. The van der Waals surface area contributed by atoms with Crippen LogP contribution in [0.3, 0.4) is 0 Å². The second-order valence-electron chi connectivity index (χ2n) is 3.92. The van der Waals surface area contributed by atoms with E-state index in [1.165, 1.54) is 6.33 Å². The predicted molar refractivity (Wildman–Crippen MR) is 64.8 cm³/mol. The number of aromatic nitrogens is 4. The zero-order chi connectivity index (χ0) is 13.0. The van der Waals surface area contributed by atoms with E-state index in [1.807, 2.05) is 31.2 Å². The molecule has 7 heteroatoms. The first-order chi connectivity index (χ1) is 8.66. The molecular weight excluding hydrogens is 232 g/mol. The summed E-state index contributed by atoms with van der Waals surface area (Å²) in [5.74, 6) is -0.376. The summed E-state index contributed by atoms with van der Waals surface area (Å²) in [5.41, 5.74) is 6.99. The van der Waals surface area contributed by atoms with Gasteiger partial charge in [-0.3, -0.25) is 4.79 Å². The monoisotopic (exact) mass is 246 g/mol. The summed E-state index contributed by atoms with van der Waals surface area (Å²) < 4.78 is 1.57. The number of carbonyl (C=O) groups is 1. The molecule has 0 aliphatic heterocycles. The second kappa shape index (κ2) is 5.37. The molecule has 18 heavy (non-hydrogen) atoms. The number of nitrogens with two attached hydrogens (primary N) is 1. The van der Waals surface area contributed by atoms with Gasteiger partial charge in [-0.2, -0.15) is 0 Å². The minimum absolute atomic E-state index is 0.0222. The summed E-state index contributed by atoms with van der Waals surface area (Å²) in [6.07, 6.45) is 1.53. The van der Waals surface area contributed by atoms with Crippen LogP contribution in [0, 0.1) is 0 Å². The lowest BCUT2D eigenvalue weighted by Gasteiger charge is -2.13. The van der Waals surface area contributed by atoms with E-state index < -0.39 is 0 Å². The molecule has 7 nitrogen and oxygen atoms in total. The van der Waals surface area contributed by atoms with Gasteiger partial charge in [-0.05, 0) is 35.0 Å². The van der Waals surface area contributed by atoms with Crippen LogP contribution in [-0.4, -0.2) is 32.7 Å². The highest BCUT2D eigenvalue weighted by atomic mass is 16.1. The predicted octanol–water partition coefficient (Wildman–Crippen LogP) is -0.202. The summed E-state index contributed by atoms with van der Waals surface area (Å²) in [6, 6.07) is 7.76. The molecule has 0 spiro atoms. The van der Waals surface area contributed by atoms with E-state index >= 15 is 0 Å². The van der Waals surface area contributed by atoms with Crippen LogP contribution in [0.4, 0.5) is 0 Å². The molecule has 0 saturated carbocycles. The van der Waals surface area contributed by atoms with E-state index in [9.17, 15) is 4.79 Å². The molecule has 2 rings (SSSR count). The van der Waals surface area contributed by atoms with Crippen LogP contribution < -0.4 is 11.1 Å². The van der Waals surface area contributed by atoms with Crippen molar-refractivity contribution in [3.05, 3.63) is 36.2 Å². The van der Waals surface area contributed by atoms with Crippen molar-refractivity contribution in [3.8, 4) is 5.69 Å². The highest BCUT2D eigenvalue weighted by molar-refractivity contribution is 5.75. The summed E-state index contributed by atoms with van der Waals surface area (Å²) in [5, 5.41) is 14.0. The van der Waals surface area contributed by atoms with Crippen molar-refractivity contribution < 1.29 is 4.79 Å². The third-order valence-electron chi connectivity index (χ3n) is 2.57. The van der Waals surface area contributed by atoms with Gasteiger partial charge < -0.3 is 11.1 Å². The molecule has 0 aliphatic carbocycles. The van der Waals surface area contributed by atoms with Crippen LogP contribution in [0.15, 0.2) is 30.6 Å². The summed E-state index contributed by atoms with van der Waals surface area (Å²) in [4.78, 5) is 10.7. The first-order valence-electron chi connectivity index (χ1n) is 5.52. The Balaban J connectivity index is 2.14. The van der Waals surface area contributed by atoms with Gasteiger partial charge in [0.1, 0.15) is 6.33 Å². The van der Waals surface area contributed by atoms with Gasteiger partial charge in [0.15, 0.2) is 0 Å². The largest absolute Gasteiger partial charge is 0.369 e. The topological polar surface area (TPSA) is 98.7 Å². The maximum absolute atomic E-state index is 10.7. The Morgan fingerprint density at radius 3 is 3.06 bits per heavy atom. The minimum atomic E-state index is -0.376. The van der Waals surface area contributed by atoms with Crippen molar-refractivity contribution in [2.24, 2.45) is 5.73 Å². The quantitative estimate of drug-likeness (QED) is 0.761. The van der Waals surface area contributed by atoms with E-state index in [2.05, 4.69) is 20.8 Å². The highest BCUT2D eigenvalue weighted by Gasteiger charge is 2.07. The van der Waals surface area contributed by atoms with Gasteiger partial charge in [0.2, 0.25) is 5.91 Å². The Morgan fingerprint density at radius 1 is 1.56 bits per heavy atom. The second-order valence-corrected chi connectivity index (χ2v) is 3.92. The lowest BCUT2D eigenvalue weighted by Crippen LogP contribution is -2.30. The Labute approximate surface area is 104 Å². The molecule has 1 atom stereocenters. The molecule has 94 valence electrons. The van der Waals surface area contributed by atoms with Gasteiger partial charge in [0.25, 0.3) is 0 Å². The third kappa shape index (κ3) is 2.89. The minimum Gasteiger partial charge on any atom is -0.369 e. The number of amides is 1. The van der Waals surface area contributed by atoms with Gasteiger partial charge in [0, 0.05) is 6.04 Å². The van der Waals surface area contributed by atoms with Crippen LogP contribution in [0.5, 0.6) is 0 Å². The van der Waals surface area contributed by atoms with Gasteiger partial charge >= 0.3 is 0 Å². The normalized spacial score (nSPS) is 12.3. The van der Waals surface area contributed by atoms with E-state index in [-0.39, 0.29) is 18.5 Å². The van der Waals surface area contributed by atoms with Crippen molar-refractivity contribution in [1.82, 2.24) is 25.5 Å². The van der Waals surface area contributed by atoms with Crippen LogP contribution >= 0.6 is 0 Å². The number of benzene rings is 1. The third-order valence-corrected chi connectivity index (χ3v) is 2.57. The number of hydrogen-bond acceptors (Lipinski definition) is 5. The van der Waals surface area contributed by atoms with Crippen molar-refractivity contribution in [3.63, 3.8) is 0 Å². The molecule has 1 aromatic heterocycles. The van der Waals surface area contributed by atoms with Crippen LogP contribution in [0.25, 0.3) is 5.69 Å². The number of primary amides is 1. The highest BCUT2D eigenvalue weighted by Crippen LogP contribution is 2.15. The molecule has 1 heterocycles. The standard InChI is InChI=1S/C11H14N6O/c1-8(13-6-11(12)18)9-3-2-4-10(5-9)17-7-14-15-16-17/h2-5,7-8,13H,6H2,1H3,(H2,12,18). The van der Waals surface area contributed by atoms with Crippen molar-refractivity contribution in [1.29, 1.82) is 0 Å². The molecule has 1 unspecified atom stereocenters. The zero-order valence-electron chi connectivity index (χ0n) is 9.95. The number of nitrogens with zero attached hydrogens (tertiary/aromatic N) is 4. The van der Waals surface area contributed by atoms with E-state index in [1.54, 1.807) is 4.68 Å². The van der Waals surface area contributed by atoms with E-state index in [0.29, 0.717) is 0 Å². The molecule has 1 aromatic carbocycles. The van der Waals surface area contributed by atoms with Crippen LogP contribution in [0.2, 0.25) is 0 Å². The smallest absolute Gasteiger partial charge is 0.231 e. The first-order valence-corrected chi connectivity index (χ1v) is 5.52. The molecule has 0 aliphatic rings. The maximum atomic E-state index is 10.7. The molecule has 0 radical (unpaired) electrons. The number of nitrogens with one attached hydrogen (secondary N) is 1. The first kappa shape index (κ1) is 12.2. The molecule has 0 fully saturated rings. The lowest BCUT2D eigenvalue weighted by atomic mass is 10.1. The molecule has 3 N–H and O–H groups in total. The van der Waals surface area contributed by atoms with E-state index in [4.69, 9.17) is 5.73 Å². The Morgan fingerprint density at radius 2 is 2.39 bits per heavy atom. The zero-order valence-corrected chi connectivity index (χ0v) is 9.95. The van der Waals surface area contributed by atoms with E-state index in [0.717, 1.165) is 11.3 Å². The molecule has 2 aromatic rings. The average molecular weight is 246 g/mol. The van der Waals surface area contributed by atoms with Gasteiger partial charge in [-0.15, -0.1) is 5.10 Å². The van der Waals surface area contributed by atoms with Gasteiger partial charge in [-0.25, -0.2) is 4.68 Å².